The third-order valence-electron chi connectivity index (χ3n) is 14.3. The Morgan fingerprint density at radius 2 is 1.54 bits per heavy atom. The highest BCUT2D eigenvalue weighted by atomic mass is 35.5. The smallest absolute Gasteiger partial charge is 0.344 e. The molecule has 3 aromatic carbocycles. The summed E-state index contributed by atoms with van der Waals surface area (Å²) in [6, 6.07) is 19.2. The predicted octanol–water partition coefficient (Wildman–Crippen LogP) is 4.23. The normalized spacial score (nSPS) is 20.0. The molecule has 2 unspecified atom stereocenters. The first kappa shape index (κ1) is 49.2. The third-order valence-corrected chi connectivity index (χ3v) is 14.6. The number of hydrogen-bond donors (Lipinski definition) is 2. The van der Waals surface area contributed by atoms with E-state index < -0.39 is 46.2 Å². The van der Waals surface area contributed by atoms with E-state index in [0.29, 0.717) is 68.2 Å². The van der Waals surface area contributed by atoms with Crippen LogP contribution in [0.3, 0.4) is 0 Å². The number of nitrogens with one attached hydrogen (secondary N) is 2. The standard InChI is InChI=1S/C50H57ClN10O10/c1-32-45(61(68)69)44(54-71-32)50(67)59-28-26-58(27-29-59)46(34-6-10-36(51)11-7-34)35-8-12-37(13-9-35)70-31-42(63)57-20-16-33(17-21-57)30-56-24-22-55(23-25-56)19-3-18-52-39-5-2-4-38-43(39)49(66)60(48(38)65)40-14-15-41(62)53-47(40)64/h2,4-13,33,40,46,52H,3,14-31H2,1H3,(H,53,62,64). The highest BCUT2D eigenvalue weighted by Gasteiger charge is 2.46. The quantitative estimate of drug-likeness (QED) is 0.0694. The molecule has 5 aliphatic rings. The van der Waals surface area contributed by atoms with Gasteiger partial charge in [-0.3, -0.25) is 54.0 Å². The number of hydrogen-bond acceptors (Lipinski definition) is 15. The fourth-order valence-electron chi connectivity index (χ4n) is 10.4. The van der Waals surface area contributed by atoms with Gasteiger partial charge in [0.15, 0.2) is 6.61 Å². The Bertz CT molecular complexity index is 2660. The number of aromatic nitrogens is 1. The average Bonchev–Trinajstić information content (AvgIpc) is 3.89. The number of benzene rings is 3. The summed E-state index contributed by atoms with van der Waals surface area (Å²) < 4.78 is 11.0. The fraction of sp³-hybridized carbons (Fsp3) is 0.460. The molecule has 9 rings (SSSR count). The Morgan fingerprint density at radius 3 is 2.21 bits per heavy atom. The van der Waals surface area contributed by atoms with Gasteiger partial charge in [-0.05, 0) is 85.7 Å². The summed E-state index contributed by atoms with van der Waals surface area (Å²) in [6.45, 7) is 10.7. The largest absolute Gasteiger partial charge is 0.484 e. The molecule has 4 aromatic rings. The molecule has 2 N–H and O–H groups in total. The second kappa shape index (κ2) is 21.7. The maximum atomic E-state index is 13.4. The van der Waals surface area contributed by atoms with E-state index in [-0.39, 0.29) is 54.0 Å². The molecule has 71 heavy (non-hydrogen) atoms. The number of rotatable bonds is 16. The number of amides is 6. The topological polar surface area (TPSA) is 224 Å². The van der Waals surface area contributed by atoms with Crippen molar-refractivity contribution in [3.8, 4) is 5.75 Å². The van der Waals surface area contributed by atoms with Crippen LogP contribution in [0.1, 0.15) is 86.2 Å². The number of nitrogens with zero attached hydrogens (tertiary/aromatic N) is 8. The average molecular weight is 994 g/mol. The summed E-state index contributed by atoms with van der Waals surface area (Å²) >= 11 is 6.25. The van der Waals surface area contributed by atoms with Gasteiger partial charge in [-0.25, -0.2) is 0 Å². The molecule has 2 atom stereocenters. The van der Waals surface area contributed by atoms with Crippen molar-refractivity contribution in [3.05, 3.63) is 116 Å². The second-order valence-corrected chi connectivity index (χ2v) is 19.2. The molecule has 6 amide bonds. The minimum atomic E-state index is -1.00. The lowest BCUT2D eigenvalue weighted by atomic mass is 9.96. The van der Waals surface area contributed by atoms with Crippen LogP contribution in [0.4, 0.5) is 11.4 Å². The fourth-order valence-corrected chi connectivity index (χ4v) is 10.5. The van der Waals surface area contributed by atoms with Crippen molar-refractivity contribution < 1.29 is 43.0 Å². The summed E-state index contributed by atoms with van der Waals surface area (Å²) in [4.78, 5) is 99.9. The van der Waals surface area contributed by atoms with Gasteiger partial charge in [0.25, 0.3) is 23.6 Å². The number of aryl methyl sites for hydroxylation is 1. The van der Waals surface area contributed by atoms with E-state index in [1.807, 2.05) is 53.4 Å². The first-order chi connectivity index (χ1) is 34.3. The molecule has 20 nitrogen and oxygen atoms in total. The molecule has 4 saturated heterocycles. The van der Waals surface area contributed by atoms with Gasteiger partial charge in [-0.1, -0.05) is 47.1 Å². The zero-order chi connectivity index (χ0) is 49.8. The number of ether oxygens (including phenoxy) is 1. The van der Waals surface area contributed by atoms with Gasteiger partial charge < -0.3 is 34.2 Å². The number of likely N-dealkylation sites (tertiary alicyclic amines) is 1. The predicted molar refractivity (Wildman–Crippen MR) is 259 cm³/mol. The molecule has 1 aromatic heterocycles. The number of imide groups is 2. The number of fused-ring (bicyclic) bond motifs is 1. The van der Waals surface area contributed by atoms with Crippen LogP contribution in [0.15, 0.2) is 71.3 Å². The van der Waals surface area contributed by atoms with E-state index in [0.717, 1.165) is 74.6 Å². The van der Waals surface area contributed by atoms with Crippen molar-refractivity contribution in [2.45, 2.75) is 51.1 Å². The lowest BCUT2D eigenvalue weighted by Crippen LogP contribution is -2.54. The van der Waals surface area contributed by atoms with E-state index >= 15 is 0 Å². The minimum Gasteiger partial charge on any atom is -0.484 e. The van der Waals surface area contributed by atoms with Gasteiger partial charge in [0.1, 0.15) is 11.8 Å². The highest BCUT2D eigenvalue weighted by Crippen LogP contribution is 2.34. The Labute approximate surface area is 415 Å². The number of nitro groups is 1. The summed E-state index contributed by atoms with van der Waals surface area (Å²) in [5.41, 5.74) is 2.38. The lowest BCUT2D eigenvalue weighted by molar-refractivity contribution is -0.386. The Hall–Kier alpha value is -6.74. The Kier molecular flexibility index (Phi) is 15.1. The highest BCUT2D eigenvalue weighted by molar-refractivity contribution is 6.30. The van der Waals surface area contributed by atoms with E-state index in [4.69, 9.17) is 20.9 Å². The number of piperidine rings is 2. The maximum Gasteiger partial charge on any atom is 0.344 e. The summed E-state index contributed by atoms with van der Waals surface area (Å²) in [5, 5.41) is 21.5. The van der Waals surface area contributed by atoms with Gasteiger partial charge in [0.05, 0.1) is 22.1 Å². The van der Waals surface area contributed by atoms with Crippen LogP contribution in [0.25, 0.3) is 0 Å². The van der Waals surface area contributed by atoms with Gasteiger partial charge in [0, 0.05) is 103 Å². The third kappa shape index (κ3) is 10.9. The van der Waals surface area contributed by atoms with Gasteiger partial charge in [-0.15, -0.1) is 0 Å². The molecular weight excluding hydrogens is 936 g/mol. The van der Waals surface area contributed by atoms with E-state index in [2.05, 4.69) is 30.5 Å². The maximum absolute atomic E-state index is 13.4. The molecular formula is C50H57ClN10O10. The molecule has 0 spiro atoms. The zero-order valence-corrected chi connectivity index (χ0v) is 40.3. The van der Waals surface area contributed by atoms with Crippen molar-refractivity contribution in [3.63, 3.8) is 0 Å². The van der Waals surface area contributed by atoms with Crippen molar-refractivity contribution >= 4 is 58.4 Å². The molecule has 0 aliphatic carbocycles. The number of piperazine rings is 2. The molecule has 374 valence electrons. The molecule has 0 radical (unpaired) electrons. The summed E-state index contributed by atoms with van der Waals surface area (Å²) in [7, 11) is 0. The van der Waals surface area contributed by atoms with Crippen molar-refractivity contribution in [1.82, 2.24) is 39.9 Å². The first-order valence-electron chi connectivity index (χ1n) is 24.3. The lowest BCUT2D eigenvalue weighted by Gasteiger charge is -2.39. The van der Waals surface area contributed by atoms with E-state index in [1.165, 1.54) is 6.92 Å². The first-order valence-corrected chi connectivity index (χ1v) is 24.6. The molecule has 6 heterocycles. The summed E-state index contributed by atoms with van der Waals surface area (Å²) in [5.74, 6) is -1.58. The van der Waals surface area contributed by atoms with Crippen molar-refractivity contribution in [1.29, 1.82) is 0 Å². The van der Waals surface area contributed by atoms with Crippen LogP contribution in [0.2, 0.25) is 5.02 Å². The molecule has 0 saturated carbocycles. The number of halogens is 1. The number of anilines is 1. The molecule has 21 heteroatoms. The van der Waals surface area contributed by atoms with Crippen LogP contribution >= 0.6 is 11.6 Å². The molecule has 0 bridgehead atoms. The van der Waals surface area contributed by atoms with Gasteiger partial charge >= 0.3 is 5.69 Å². The van der Waals surface area contributed by atoms with Crippen LogP contribution in [0.5, 0.6) is 5.75 Å². The van der Waals surface area contributed by atoms with Crippen molar-refractivity contribution in [2.24, 2.45) is 5.92 Å². The van der Waals surface area contributed by atoms with E-state index in [1.54, 1.807) is 23.1 Å². The van der Waals surface area contributed by atoms with Crippen LogP contribution in [0, 0.1) is 23.0 Å². The van der Waals surface area contributed by atoms with Crippen molar-refractivity contribution in [2.75, 3.05) is 97.0 Å². The second-order valence-electron chi connectivity index (χ2n) is 18.8. The summed E-state index contributed by atoms with van der Waals surface area (Å²) in [6.07, 6.45) is 2.89. The monoisotopic (exact) mass is 992 g/mol. The van der Waals surface area contributed by atoms with Crippen LogP contribution in [-0.2, 0) is 14.4 Å². The SMILES string of the molecule is Cc1onc(C(=O)N2CCN(C(c3ccc(Cl)cc3)c3ccc(OCC(=O)N4CCC(CN5CCN(CCCNc6cccc7c6C(=O)N(C6CCC(=O)NC6=O)C7=O)CC5)CC4)cc3)CC2)c1[N+](=O)[O-]. The van der Waals surface area contributed by atoms with E-state index in [9.17, 15) is 38.9 Å². The van der Waals surface area contributed by atoms with Crippen LogP contribution < -0.4 is 15.4 Å². The Balaban J connectivity index is 0.684. The van der Waals surface area contributed by atoms with Gasteiger partial charge in [-0.2, -0.15) is 0 Å². The minimum absolute atomic E-state index is 0.0154. The van der Waals surface area contributed by atoms with Gasteiger partial charge in [0.2, 0.25) is 23.3 Å². The molecule has 5 aliphatic heterocycles. The van der Waals surface area contributed by atoms with Crippen LogP contribution in [-0.4, -0.2) is 173 Å². The Morgan fingerprint density at radius 1 is 0.859 bits per heavy atom. The number of carbonyl (C=O) groups is 6. The zero-order valence-electron chi connectivity index (χ0n) is 39.6. The molecule has 4 fully saturated rings. The number of carbonyl (C=O) groups excluding carboxylic acids is 6.